The van der Waals surface area contributed by atoms with Gasteiger partial charge < -0.3 is 5.73 Å². The maximum absolute atomic E-state index is 13.4. The van der Waals surface area contributed by atoms with Crippen molar-refractivity contribution >= 4 is 0 Å². The number of aromatic amines is 1. The van der Waals surface area contributed by atoms with Crippen LogP contribution < -0.4 is 5.73 Å². The van der Waals surface area contributed by atoms with Crippen molar-refractivity contribution in [2.24, 2.45) is 5.73 Å². The maximum Gasteiger partial charge on any atom is 0.129 e. The second-order valence-electron chi connectivity index (χ2n) is 3.91. The Balaban J connectivity index is 2.48. The van der Waals surface area contributed by atoms with Gasteiger partial charge in [0, 0.05) is 17.8 Å². The molecule has 2 aromatic rings. The van der Waals surface area contributed by atoms with Gasteiger partial charge in [-0.25, -0.2) is 4.39 Å². The Kier molecular flexibility index (Phi) is 2.75. The van der Waals surface area contributed by atoms with Gasteiger partial charge in [0.05, 0.1) is 5.69 Å². The van der Waals surface area contributed by atoms with E-state index in [0.29, 0.717) is 17.7 Å². The average molecular weight is 219 g/mol. The molecule has 0 unspecified atom stereocenters. The predicted molar refractivity (Wildman–Crippen MR) is 61.3 cm³/mol. The lowest BCUT2D eigenvalue weighted by atomic mass is 10.0. The molecule has 0 saturated heterocycles. The summed E-state index contributed by atoms with van der Waals surface area (Å²) in [7, 11) is 0. The van der Waals surface area contributed by atoms with Crippen molar-refractivity contribution in [2.75, 3.05) is 0 Å². The summed E-state index contributed by atoms with van der Waals surface area (Å²) < 4.78 is 13.4. The number of hydrogen-bond donors (Lipinski definition) is 2. The van der Waals surface area contributed by atoms with E-state index in [1.807, 2.05) is 6.07 Å². The first-order valence-corrected chi connectivity index (χ1v) is 5.13. The molecular weight excluding hydrogens is 205 g/mol. The zero-order valence-electron chi connectivity index (χ0n) is 9.34. The molecule has 2 rings (SSSR count). The van der Waals surface area contributed by atoms with Crippen LogP contribution in [0.2, 0.25) is 0 Å². The number of halogens is 1. The molecule has 0 amide bonds. The number of nitrogens with one attached hydrogen (secondary N) is 1. The molecule has 0 bridgehead atoms. The largest absolute Gasteiger partial charge is 0.325 e. The number of benzene rings is 1. The molecule has 0 aliphatic rings. The van der Waals surface area contributed by atoms with Crippen molar-refractivity contribution in [3.8, 4) is 11.3 Å². The van der Waals surface area contributed by atoms with E-state index in [1.54, 1.807) is 26.0 Å². The fourth-order valence-electron chi connectivity index (χ4n) is 1.71. The zero-order valence-corrected chi connectivity index (χ0v) is 9.34. The summed E-state index contributed by atoms with van der Waals surface area (Å²) in [5, 5.41) is 6.98. The first kappa shape index (κ1) is 10.8. The van der Waals surface area contributed by atoms with Crippen LogP contribution in [0.3, 0.4) is 0 Å². The number of H-pyrrole nitrogens is 1. The van der Waals surface area contributed by atoms with Crippen LogP contribution in [0.15, 0.2) is 18.2 Å². The zero-order chi connectivity index (χ0) is 11.7. The molecule has 1 aromatic carbocycles. The highest BCUT2D eigenvalue weighted by Gasteiger charge is 2.08. The molecule has 4 heteroatoms. The summed E-state index contributed by atoms with van der Waals surface area (Å²) in [6, 6.07) is 5.46. The van der Waals surface area contributed by atoms with Gasteiger partial charge in [-0.2, -0.15) is 5.10 Å². The topological polar surface area (TPSA) is 54.7 Å². The van der Waals surface area contributed by atoms with Crippen LogP contribution >= 0.6 is 0 Å². The Morgan fingerprint density at radius 3 is 2.38 bits per heavy atom. The molecule has 0 aliphatic heterocycles. The minimum Gasteiger partial charge on any atom is -0.325 e. The van der Waals surface area contributed by atoms with Crippen LogP contribution in [0.25, 0.3) is 11.3 Å². The van der Waals surface area contributed by atoms with E-state index >= 15 is 0 Å². The van der Waals surface area contributed by atoms with Crippen molar-refractivity contribution < 1.29 is 4.39 Å². The predicted octanol–water partition coefficient (Wildman–Crippen LogP) is 2.29. The van der Waals surface area contributed by atoms with E-state index in [-0.39, 0.29) is 5.82 Å². The lowest BCUT2D eigenvalue weighted by Gasteiger charge is -2.04. The van der Waals surface area contributed by atoms with Gasteiger partial charge in [0.2, 0.25) is 0 Å². The second-order valence-corrected chi connectivity index (χ2v) is 3.91. The van der Waals surface area contributed by atoms with Gasteiger partial charge in [0.15, 0.2) is 0 Å². The van der Waals surface area contributed by atoms with Gasteiger partial charge in [-0.3, -0.25) is 5.10 Å². The van der Waals surface area contributed by atoms with Crippen molar-refractivity contribution in [2.45, 2.75) is 20.4 Å². The minimum atomic E-state index is -0.154. The molecule has 3 N–H and O–H groups in total. The van der Waals surface area contributed by atoms with Crippen molar-refractivity contribution in [3.63, 3.8) is 0 Å². The molecule has 0 aliphatic carbocycles. The first-order valence-electron chi connectivity index (χ1n) is 5.13. The van der Waals surface area contributed by atoms with Gasteiger partial charge in [-0.15, -0.1) is 0 Å². The van der Waals surface area contributed by atoms with Gasteiger partial charge in [-0.05, 0) is 43.2 Å². The molecule has 1 aromatic heterocycles. The monoisotopic (exact) mass is 219 g/mol. The Labute approximate surface area is 93.5 Å². The molecular formula is C12H14FN3. The summed E-state index contributed by atoms with van der Waals surface area (Å²) >= 11 is 0. The SMILES string of the molecule is Cc1cc(-c2cc(CN)[nH]n2)cc(C)c1F. The smallest absolute Gasteiger partial charge is 0.129 e. The summed E-state index contributed by atoms with van der Waals surface area (Å²) in [5.41, 5.74) is 9.33. The van der Waals surface area contributed by atoms with Gasteiger partial charge in [-0.1, -0.05) is 0 Å². The molecule has 84 valence electrons. The second kappa shape index (κ2) is 4.06. The normalized spacial score (nSPS) is 10.8. The molecule has 0 radical (unpaired) electrons. The summed E-state index contributed by atoms with van der Waals surface area (Å²) in [4.78, 5) is 0. The quantitative estimate of drug-likeness (QED) is 0.814. The number of nitrogens with two attached hydrogens (primary N) is 1. The average Bonchev–Trinajstić information content (AvgIpc) is 2.73. The van der Waals surface area contributed by atoms with E-state index < -0.39 is 0 Å². The van der Waals surface area contributed by atoms with Crippen LogP contribution in [0.5, 0.6) is 0 Å². The molecule has 0 spiro atoms. The molecule has 3 nitrogen and oxygen atoms in total. The van der Waals surface area contributed by atoms with E-state index in [0.717, 1.165) is 17.0 Å². The van der Waals surface area contributed by atoms with E-state index in [4.69, 9.17) is 5.73 Å². The molecule has 0 atom stereocenters. The third kappa shape index (κ3) is 1.84. The molecule has 0 fully saturated rings. The fourth-order valence-corrected chi connectivity index (χ4v) is 1.71. The summed E-state index contributed by atoms with van der Waals surface area (Å²) in [5.74, 6) is -0.154. The Hall–Kier alpha value is -1.68. The lowest BCUT2D eigenvalue weighted by Crippen LogP contribution is -1.95. The van der Waals surface area contributed by atoms with Crippen LogP contribution in [-0.2, 0) is 6.54 Å². The van der Waals surface area contributed by atoms with Crippen molar-refractivity contribution in [3.05, 3.63) is 40.8 Å². The Morgan fingerprint density at radius 2 is 1.88 bits per heavy atom. The Morgan fingerprint density at radius 1 is 1.25 bits per heavy atom. The highest BCUT2D eigenvalue weighted by atomic mass is 19.1. The lowest BCUT2D eigenvalue weighted by molar-refractivity contribution is 0.609. The summed E-state index contributed by atoms with van der Waals surface area (Å²) in [6.45, 7) is 3.93. The third-order valence-corrected chi connectivity index (χ3v) is 2.58. The minimum absolute atomic E-state index is 0.154. The molecule has 16 heavy (non-hydrogen) atoms. The van der Waals surface area contributed by atoms with Gasteiger partial charge in [0.25, 0.3) is 0 Å². The number of aryl methyl sites for hydroxylation is 2. The van der Waals surface area contributed by atoms with Gasteiger partial charge in [0.1, 0.15) is 5.82 Å². The third-order valence-electron chi connectivity index (χ3n) is 2.58. The molecule has 0 saturated carbocycles. The van der Waals surface area contributed by atoms with Crippen LogP contribution in [-0.4, -0.2) is 10.2 Å². The Bertz CT molecular complexity index is 494. The standard InChI is InChI=1S/C12H14FN3/c1-7-3-9(4-8(2)12(7)13)11-5-10(6-14)15-16-11/h3-5H,6,14H2,1-2H3,(H,15,16). The number of aromatic nitrogens is 2. The van der Waals surface area contributed by atoms with Crippen molar-refractivity contribution in [1.82, 2.24) is 10.2 Å². The van der Waals surface area contributed by atoms with Crippen molar-refractivity contribution in [1.29, 1.82) is 0 Å². The van der Waals surface area contributed by atoms with Crippen LogP contribution in [0.4, 0.5) is 4.39 Å². The molecule has 1 heterocycles. The van der Waals surface area contributed by atoms with Crippen LogP contribution in [0, 0.1) is 19.7 Å². The summed E-state index contributed by atoms with van der Waals surface area (Å²) in [6.07, 6.45) is 0. The number of hydrogen-bond acceptors (Lipinski definition) is 2. The highest BCUT2D eigenvalue weighted by Crippen LogP contribution is 2.23. The first-order chi connectivity index (χ1) is 7.61. The fraction of sp³-hybridized carbons (Fsp3) is 0.250. The van der Waals surface area contributed by atoms with Gasteiger partial charge >= 0.3 is 0 Å². The van der Waals surface area contributed by atoms with E-state index in [1.165, 1.54) is 0 Å². The van der Waals surface area contributed by atoms with Crippen LogP contribution in [0.1, 0.15) is 16.8 Å². The highest BCUT2D eigenvalue weighted by molar-refractivity contribution is 5.61. The van der Waals surface area contributed by atoms with E-state index in [9.17, 15) is 4.39 Å². The van der Waals surface area contributed by atoms with E-state index in [2.05, 4.69) is 10.2 Å². The number of nitrogens with zero attached hydrogens (tertiary/aromatic N) is 1. The maximum atomic E-state index is 13.4. The number of rotatable bonds is 2.